The topological polar surface area (TPSA) is 73.2 Å². The highest BCUT2D eigenvalue weighted by molar-refractivity contribution is 5.93. The minimum Gasteiger partial charge on any atom is -0.353 e. The molecule has 1 aromatic rings. The Bertz CT molecular complexity index is 601. The van der Waals surface area contributed by atoms with E-state index in [1.165, 1.54) is 31.1 Å². The van der Waals surface area contributed by atoms with E-state index in [0.29, 0.717) is 11.3 Å². The zero-order valence-electron chi connectivity index (χ0n) is 13.5. The van der Waals surface area contributed by atoms with E-state index in [9.17, 15) is 14.9 Å². The summed E-state index contributed by atoms with van der Waals surface area (Å²) in [6, 6.07) is 9.32. The molecule has 1 N–H and O–H groups in total. The second-order valence-electron chi connectivity index (χ2n) is 5.95. The van der Waals surface area contributed by atoms with Gasteiger partial charge in [0, 0.05) is 25.9 Å². The summed E-state index contributed by atoms with van der Waals surface area (Å²) in [5.74, 6) is -0.198. The van der Waals surface area contributed by atoms with Crippen molar-refractivity contribution in [1.82, 2.24) is 5.32 Å². The van der Waals surface area contributed by atoms with Crippen LogP contribution in [0.5, 0.6) is 0 Å². The van der Waals surface area contributed by atoms with Gasteiger partial charge in [0.25, 0.3) is 0 Å². The molecule has 0 saturated heterocycles. The number of nitrogens with one attached hydrogen (secondary N) is 1. The maximum absolute atomic E-state index is 12.1. The second kappa shape index (κ2) is 8.33. The molecule has 5 nitrogen and oxygen atoms in total. The van der Waals surface area contributed by atoms with E-state index in [4.69, 9.17) is 0 Å². The number of rotatable bonds is 5. The Hall–Kier alpha value is -2.35. The molecule has 1 saturated carbocycles. The molecule has 1 aliphatic carbocycles. The number of amides is 2. The Balaban J connectivity index is 1.96. The van der Waals surface area contributed by atoms with E-state index in [2.05, 4.69) is 11.4 Å². The predicted octanol–water partition coefficient (Wildman–Crippen LogP) is 2.75. The molecule has 0 radical (unpaired) electrons. The summed E-state index contributed by atoms with van der Waals surface area (Å²) < 4.78 is 0. The van der Waals surface area contributed by atoms with E-state index >= 15 is 0 Å². The normalized spacial score (nSPS) is 14.8. The van der Waals surface area contributed by atoms with Crippen molar-refractivity contribution in [1.29, 1.82) is 5.26 Å². The van der Waals surface area contributed by atoms with E-state index in [1.807, 2.05) is 0 Å². The lowest BCUT2D eigenvalue weighted by Gasteiger charge is -2.25. The standard InChI is InChI=1S/C18H23N3O2/c1-14(22)21(17-10-6-5-7-15(17)13-19)12-11-18(23)20-16-8-3-2-4-9-16/h5-7,10,16H,2-4,8-9,11-12H2,1H3,(H,20,23). The van der Waals surface area contributed by atoms with Crippen LogP contribution in [0.4, 0.5) is 5.69 Å². The molecule has 0 atom stereocenters. The van der Waals surface area contributed by atoms with Gasteiger partial charge in [0.1, 0.15) is 6.07 Å². The first-order valence-electron chi connectivity index (χ1n) is 8.18. The van der Waals surface area contributed by atoms with Crippen LogP contribution in [0.25, 0.3) is 0 Å². The fraction of sp³-hybridized carbons (Fsp3) is 0.500. The molecule has 1 aromatic carbocycles. The van der Waals surface area contributed by atoms with Gasteiger partial charge in [-0.25, -0.2) is 0 Å². The first-order chi connectivity index (χ1) is 11.1. The number of nitriles is 1. The highest BCUT2D eigenvalue weighted by atomic mass is 16.2. The fourth-order valence-corrected chi connectivity index (χ4v) is 3.01. The molecule has 23 heavy (non-hydrogen) atoms. The molecule has 1 aliphatic rings. The molecule has 2 amide bonds. The van der Waals surface area contributed by atoms with Crippen LogP contribution in [0.3, 0.4) is 0 Å². The molecule has 1 fully saturated rings. The van der Waals surface area contributed by atoms with Crippen molar-refractivity contribution in [3.05, 3.63) is 29.8 Å². The lowest BCUT2D eigenvalue weighted by molar-refractivity contribution is -0.121. The Morgan fingerprint density at radius 1 is 1.26 bits per heavy atom. The molecule has 0 aromatic heterocycles. The number of anilines is 1. The summed E-state index contributed by atoms with van der Waals surface area (Å²) in [4.78, 5) is 25.5. The van der Waals surface area contributed by atoms with Gasteiger partial charge >= 0.3 is 0 Å². The van der Waals surface area contributed by atoms with Crippen molar-refractivity contribution < 1.29 is 9.59 Å². The van der Waals surface area contributed by atoms with Gasteiger partial charge in [-0.3, -0.25) is 9.59 Å². The fourth-order valence-electron chi connectivity index (χ4n) is 3.01. The van der Waals surface area contributed by atoms with Crippen molar-refractivity contribution in [2.24, 2.45) is 0 Å². The monoisotopic (exact) mass is 313 g/mol. The van der Waals surface area contributed by atoms with Crippen LogP contribution >= 0.6 is 0 Å². The molecule has 122 valence electrons. The largest absolute Gasteiger partial charge is 0.353 e. The third-order valence-corrected chi connectivity index (χ3v) is 4.23. The Morgan fingerprint density at radius 3 is 2.61 bits per heavy atom. The molecular weight excluding hydrogens is 290 g/mol. The van der Waals surface area contributed by atoms with Crippen molar-refractivity contribution in [3.63, 3.8) is 0 Å². The third-order valence-electron chi connectivity index (χ3n) is 4.23. The smallest absolute Gasteiger partial charge is 0.223 e. The number of hydrogen-bond donors (Lipinski definition) is 1. The molecule has 0 unspecified atom stereocenters. The van der Waals surface area contributed by atoms with Crippen LogP contribution in [0.2, 0.25) is 0 Å². The van der Waals surface area contributed by atoms with Gasteiger partial charge in [-0.2, -0.15) is 5.26 Å². The number of nitrogens with zero attached hydrogens (tertiary/aromatic N) is 2. The molecule has 2 rings (SSSR count). The van der Waals surface area contributed by atoms with Crippen LogP contribution in [0.1, 0.15) is 51.0 Å². The quantitative estimate of drug-likeness (QED) is 0.908. The zero-order chi connectivity index (χ0) is 16.7. The Labute approximate surface area is 137 Å². The van der Waals surface area contributed by atoms with Crippen LogP contribution < -0.4 is 10.2 Å². The van der Waals surface area contributed by atoms with Gasteiger partial charge in [-0.15, -0.1) is 0 Å². The highest BCUT2D eigenvalue weighted by Crippen LogP contribution is 2.20. The number of hydrogen-bond acceptors (Lipinski definition) is 3. The van der Waals surface area contributed by atoms with Crippen molar-refractivity contribution in [2.45, 2.75) is 51.5 Å². The Kier molecular flexibility index (Phi) is 6.16. The van der Waals surface area contributed by atoms with Gasteiger partial charge in [0.2, 0.25) is 11.8 Å². The number of benzene rings is 1. The summed E-state index contributed by atoms with van der Waals surface area (Å²) in [6.45, 7) is 1.74. The van der Waals surface area contributed by atoms with E-state index < -0.39 is 0 Å². The van der Waals surface area contributed by atoms with Gasteiger partial charge in [-0.1, -0.05) is 31.4 Å². The van der Waals surface area contributed by atoms with E-state index in [1.54, 1.807) is 24.3 Å². The first-order valence-corrected chi connectivity index (χ1v) is 8.18. The van der Waals surface area contributed by atoms with E-state index in [0.717, 1.165) is 12.8 Å². The SMILES string of the molecule is CC(=O)N(CCC(=O)NC1CCCCC1)c1ccccc1C#N. The first kappa shape index (κ1) is 17.0. The molecule has 0 spiro atoms. The summed E-state index contributed by atoms with van der Waals surface area (Å²) in [7, 11) is 0. The van der Waals surface area contributed by atoms with E-state index in [-0.39, 0.29) is 30.8 Å². The van der Waals surface area contributed by atoms with Crippen molar-refractivity contribution in [2.75, 3.05) is 11.4 Å². The van der Waals surface area contributed by atoms with Crippen molar-refractivity contribution >= 4 is 17.5 Å². The Morgan fingerprint density at radius 2 is 1.96 bits per heavy atom. The maximum atomic E-state index is 12.1. The molecule has 0 bridgehead atoms. The van der Waals surface area contributed by atoms with Crippen LogP contribution in [-0.4, -0.2) is 24.4 Å². The average Bonchev–Trinajstić information content (AvgIpc) is 2.56. The number of carbonyl (C=O) groups excluding carboxylic acids is 2. The highest BCUT2D eigenvalue weighted by Gasteiger charge is 2.19. The molecule has 0 aliphatic heterocycles. The average molecular weight is 313 g/mol. The molecular formula is C18H23N3O2. The van der Waals surface area contributed by atoms with Crippen LogP contribution in [0.15, 0.2) is 24.3 Å². The van der Waals surface area contributed by atoms with Gasteiger partial charge in [0.05, 0.1) is 11.3 Å². The number of carbonyl (C=O) groups is 2. The van der Waals surface area contributed by atoms with Gasteiger partial charge in [0.15, 0.2) is 0 Å². The second-order valence-corrected chi connectivity index (χ2v) is 5.95. The molecule has 5 heteroatoms. The van der Waals surface area contributed by atoms with Crippen LogP contribution in [0, 0.1) is 11.3 Å². The summed E-state index contributed by atoms with van der Waals surface area (Å²) in [5.41, 5.74) is 1.00. The minimum atomic E-state index is -0.168. The minimum absolute atomic E-state index is 0.0300. The zero-order valence-corrected chi connectivity index (χ0v) is 13.5. The van der Waals surface area contributed by atoms with Gasteiger partial charge in [-0.05, 0) is 25.0 Å². The summed E-state index contributed by atoms with van der Waals surface area (Å²) in [5, 5.41) is 12.2. The van der Waals surface area contributed by atoms with Crippen molar-refractivity contribution in [3.8, 4) is 6.07 Å². The molecule has 0 heterocycles. The lowest BCUT2D eigenvalue weighted by atomic mass is 9.95. The van der Waals surface area contributed by atoms with Crippen LogP contribution in [-0.2, 0) is 9.59 Å². The lowest BCUT2D eigenvalue weighted by Crippen LogP contribution is -2.39. The van der Waals surface area contributed by atoms with Gasteiger partial charge < -0.3 is 10.2 Å². The third kappa shape index (κ3) is 4.82. The predicted molar refractivity (Wildman–Crippen MR) is 88.8 cm³/mol. The summed E-state index contributed by atoms with van der Waals surface area (Å²) in [6.07, 6.45) is 5.91. The summed E-state index contributed by atoms with van der Waals surface area (Å²) >= 11 is 0. The maximum Gasteiger partial charge on any atom is 0.223 e. The number of para-hydroxylation sites is 1.